The van der Waals surface area contributed by atoms with E-state index in [-0.39, 0.29) is 12.4 Å². The zero-order valence-corrected chi connectivity index (χ0v) is 13.6. The van der Waals surface area contributed by atoms with Crippen LogP contribution in [0, 0.1) is 6.92 Å². The highest BCUT2D eigenvalue weighted by Gasteiger charge is 2.30. The summed E-state index contributed by atoms with van der Waals surface area (Å²) < 4.78 is 47.4. The van der Waals surface area contributed by atoms with Crippen molar-refractivity contribution >= 4 is 17.2 Å². The number of alkyl halides is 3. The molecule has 0 bridgehead atoms. The van der Waals surface area contributed by atoms with Gasteiger partial charge < -0.3 is 19.2 Å². The molecule has 1 amide bonds. The monoisotopic (exact) mass is 365 g/mol. The molecule has 0 aliphatic heterocycles. The van der Waals surface area contributed by atoms with Gasteiger partial charge in [0.05, 0.1) is 5.69 Å². The van der Waals surface area contributed by atoms with Crippen LogP contribution < -0.4 is 14.8 Å². The van der Waals surface area contributed by atoms with E-state index in [1.807, 2.05) is 19.3 Å². The number of anilines is 1. The van der Waals surface area contributed by atoms with Gasteiger partial charge in [0, 0.05) is 18.1 Å². The number of fused-ring (bicyclic) bond motifs is 1. The van der Waals surface area contributed by atoms with Crippen LogP contribution in [0.15, 0.2) is 48.8 Å². The Labute approximate surface area is 146 Å². The number of hydrogen-bond donors (Lipinski definition) is 1. The van der Waals surface area contributed by atoms with Crippen LogP contribution in [0.1, 0.15) is 5.69 Å². The van der Waals surface area contributed by atoms with E-state index in [2.05, 4.69) is 15.0 Å². The predicted molar refractivity (Wildman–Crippen MR) is 87.2 cm³/mol. The average molecular weight is 365 g/mol. The highest BCUT2D eigenvalue weighted by atomic mass is 19.4. The predicted octanol–water partition coefficient (Wildman–Crippen LogP) is 3.56. The second kappa shape index (κ2) is 6.95. The molecule has 0 aliphatic rings. The van der Waals surface area contributed by atoms with Crippen molar-refractivity contribution in [2.24, 2.45) is 0 Å². The van der Waals surface area contributed by atoms with Crippen LogP contribution in [-0.2, 0) is 4.79 Å². The summed E-state index contributed by atoms with van der Waals surface area (Å²) in [6, 6.07) is 8.28. The summed E-state index contributed by atoms with van der Waals surface area (Å²) in [5.74, 6) is -0.377. The van der Waals surface area contributed by atoms with E-state index in [0.717, 1.165) is 17.8 Å². The molecule has 2 heterocycles. The van der Waals surface area contributed by atoms with Crippen molar-refractivity contribution in [2.45, 2.75) is 13.3 Å². The third-order valence-electron chi connectivity index (χ3n) is 3.30. The summed E-state index contributed by atoms with van der Waals surface area (Å²) in [7, 11) is 0. The van der Waals surface area contributed by atoms with Gasteiger partial charge in [0.15, 0.2) is 18.0 Å². The van der Waals surface area contributed by atoms with Crippen LogP contribution in [0.2, 0.25) is 0 Å². The normalized spacial score (nSPS) is 11.4. The summed E-state index contributed by atoms with van der Waals surface area (Å²) in [6.07, 6.45) is -1.12. The van der Waals surface area contributed by atoms with Crippen LogP contribution >= 0.6 is 0 Å². The molecule has 0 spiro atoms. The van der Waals surface area contributed by atoms with Crippen molar-refractivity contribution in [1.82, 2.24) is 9.38 Å². The minimum atomic E-state index is -4.76. The fourth-order valence-corrected chi connectivity index (χ4v) is 2.30. The van der Waals surface area contributed by atoms with Crippen molar-refractivity contribution in [3.8, 4) is 11.5 Å². The molecule has 26 heavy (non-hydrogen) atoms. The van der Waals surface area contributed by atoms with Gasteiger partial charge in [0.25, 0.3) is 5.91 Å². The summed E-state index contributed by atoms with van der Waals surface area (Å²) in [5, 5.41) is 2.53. The number of halogens is 3. The number of rotatable bonds is 5. The van der Waals surface area contributed by atoms with Gasteiger partial charge in [0.2, 0.25) is 0 Å². The van der Waals surface area contributed by atoms with Gasteiger partial charge in [-0.1, -0.05) is 0 Å². The SMILES string of the molecule is Cc1cn2cccc(OCC(=O)Nc3ccc(OC(F)(F)F)cc3)c2n1. The molecule has 0 saturated carbocycles. The number of aryl methyl sites for hydroxylation is 1. The fraction of sp³-hybridized carbons (Fsp3) is 0.176. The average Bonchev–Trinajstić information content (AvgIpc) is 2.94. The maximum Gasteiger partial charge on any atom is 0.573 e. The molecule has 6 nitrogen and oxygen atoms in total. The van der Waals surface area contributed by atoms with Crippen molar-refractivity contribution in [1.29, 1.82) is 0 Å². The van der Waals surface area contributed by atoms with E-state index < -0.39 is 12.3 Å². The van der Waals surface area contributed by atoms with Crippen molar-refractivity contribution in [2.75, 3.05) is 11.9 Å². The molecular formula is C17H14F3N3O3. The second-order valence-corrected chi connectivity index (χ2v) is 5.39. The number of imidazole rings is 1. The van der Waals surface area contributed by atoms with E-state index in [4.69, 9.17) is 4.74 Å². The Morgan fingerprint density at radius 1 is 1.23 bits per heavy atom. The summed E-state index contributed by atoms with van der Waals surface area (Å²) in [6.45, 7) is 1.57. The third kappa shape index (κ3) is 4.44. The van der Waals surface area contributed by atoms with Crippen LogP contribution in [0.3, 0.4) is 0 Å². The topological polar surface area (TPSA) is 64.9 Å². The number of hydrogen-bond acceptors (Lipinski definition) is 4. The number of carbonyl (C=O) groups is 1. The van der Waals surface area contributed by atoms with Crippen LogP contribution in [0.5, 0.6) is 11.5 Å². The molecule has 1 N–H and O–H groups in total. The van der Waals surface area contributed by atoms with Gasteiger partial charge in [-0.15, -0.1) is 13.2 Å². The highest BCUT2D eigenvalue weighted by Crippen LogP contribution is 2.24. The molecule has 0 radical (unpaired) electrons. The van der Waals surface area contributed by atoms with E-state index in [0.29, 0.717) is 17.1 Å². The number of nitrogens with zero attached hydrogens (tertiary/aromatic N) is 2. The lowest BCUT2D eigenvalue weighted by atomic mass is 10.3. The smallest absolute Gasteiger partial charge is 0.480 e. The first-order chi connectivity index (χ1) is 12.3. The molecule has 0 unspecified atom stereocenters. The Balaban J connectivity index is 1.58. The quantitative estimate of drug-likeness (QED) is 0.751. The molecule has 3 rings (SSSR count). The molecule has 136 valence electrons. The number of aromatic nitrogens is 2. The number of ether oxygens (including phenoxy) is 2. The van der Waals surface area contributed by atoms with Gasteiger partial charge in [-0.3, -0.25) is 4.79 Å². The molecule has 1 aromatic carbocycles. The largest absolute Gasteiger partial charge is 0.573 e. The standard InChI is InChI=1S/C17H14F3N3O3/c1-11-9-23-8-2-3-14(16(23)21-11)25-10-15(24)22-12-4-6-13(7-5-12)26-17(18,19)20/h2-9H,10H2,1H3,(H,22,24). The molecule has 0 saturated heterocycles. The van der Waals surface area contributed by atoms with Crippen LogP contribution in [-0.4, -0.2) is 28.3 Å². The van der Waals surface area contributed by atoms with Gasteiger partial charge >= 0.3 is 6.36 Å². The first-order valence-electron chi connectivity index (χ1n) is 7.53. The lowest BCUT2D eigenvalue weighted by Crippen LogP contribution is -2.20. The molecule has 0 atom stereocenters. The Morgan fingerprint density at radius 3 is 2.65 bits per heavy atom. The minimum absolute atomic E-state index is 0.271. The lowest BCUT2D eigenvalue weighted by Gasteiger charge is -2.10. The van der Waals surface area contributed by atoms with Crippen molar-refractivity contribution < 1.29 is 27.4 Å². The summed E-state index contributed by atoms with van der Waals surface area (Å²) in [5.41, 5.74) is 1.72. The molecular weight excluding hydrogens is 351 g/mol. The molecule has 3 aromatic rings. The number of nitrogens with one attached hydrogen (secondary N) is 1. The van der Waals surface area contributed by atoms with Gasteiger partial charge in [-0.05, 0) is 43.3 Å². The summed E-state index contributed by atoms with van der Waals surface area (Å²) >= 11 is 0. The van der Waals surface area contributed by atoms with E-state index in [1.165, 1.54) is 12.1 Å². The molecule has 2 aromatic heterocycles. The number of carbonyl (C=O) groups excluding carboxylic acids is 1. The van der Waals surface area contributed by atoms with E-state index in [9.17, 15) is 18.0 Å². The Kier molecular flexibility index (Phi) is 4.70. The maximum atomic E-state index is 12.1. The van der Waals surface area contributed by atoms with Crippen LogP contribution in [0.25, 0.3) is 5.65 Å². The Bertz CT molecular complexity index is 920. The number of benzene rings is 1. The number of amides is 1. The Morgan fingerprint density at radius 2 is 1.96 bits per heavy atom. The first-order valence-corrected chi connectivity index (χ1v) is 7.53. The van der Waals surface area contributed by atoms with E-state index >= 15 is 0 Å². The van der Waals surface area contributed by atoms with Crippen LogP contribution in [0.4, 0.5) is 18.9 Å². The van der Waals surface area contributed by atoms with Crippen molar-refractivity contribution in [3.63, 3.8) is 0 Å². The summed E-state index contributed by atoms with van der Waals surface area (Å²) in [4.78, 5) is 16.3. The Hall–Kier alpha value is -3.23. The molecule has 0 aliphatic carbocycles. The van der Waals surface area contributed by atoms with Gasteiger partial charge in [0.1, 0.15) is 5.75 Å². The second-order valence-electron chi connectivity index (χ2n) is 5.39. The zero-order valence-electron chi connectivity index (χ0n) is 13.6. The van der Waals surface area contributed by atoms with Gasteiger partial charge in [-0.25, -0.2) is 4.98 Å². The molecule has 9 heteroatoms. The van der Waals surface area contributed by atoms with Crippen molar-refractivity contribution in [3.05, 3.63) is 54.5 Å². The zero-order chi connectivity index (χ0) is 18.7. The first kappa shape index (κ1) is 17.6. The van der Waals surface area contributed by atoms with E-state index in [1.54, 1.807) is 16.5 Å². The highest BCUT2D eigenvalue weighted by molar-refractivity contribution is 5.92. The maximum absolute atomic E-state index is 12.1. The minimum Gasteiger partial charge on any atom is -0.480 e. The van der Waals surface area contributed by atoms with Gasteiger partial charge in [-0.2, -0.15) is 0 Å². The lowest BCUT2D eigenvalue weighted by molar-refractivity contribution is -0.274. The number of pyridine rings is 1. The fourth-order valence-electron chi connectivity index (χ4n) is 2.30. The third-order valence-corrected chi connectivity index (χ3v) is 3.30. The molecule has 0 fully saturated rings.